The van der Waals surface area contributed by atoms with Crippen LogP contribution >= 0.6 is 0 Å². The van der Waals surface area contributed by atoms with Gasteiger partial charge in [0.25, 0.3) is 5.91 Å². The van der Waals surface area contributed by atoms with Gasteiger partial charge in [0.15, 0.2) is 0 Å². The predicted molar refractivity (Wildman–Crippen MR) is 42.1 cm³/mol. The van der Waals surface area contributed by atoms with Crippen LogP contribution < -0.4 is 0 Å². The molecule has 0 fully saturated rings. The topological polar surface area (TPSA) is 41.8 Å². The summed E-state index contributed by atoms with van der Waals surface area (Å²) in [7, 11) is 0. The van der Waals surface area contributed by atoms with Gasteiger partial charge in [0.1, 0.15) is 0 Å². The van der Waals surface area contributed by atoms with Gasteiger partial charge in [0.05, 0.1) is 5.70 Å². The maximum absolute atomic E-state index is 10.5. The van der Waals surface area contributed by atoms with E-state index in [1.807, 2.05) is 0 Å². The molecule has 0 unspecified atom stereocenters. The second kappa shape index (κ2) is 4.01. The summed E-state index contributed by atoms with van der Waals surface area (Å²) in [5.74, 6) is -0.212. The fraction of sp³-hybridized carbons (Fsp3) is 0.625. The first-order chi connectivity index (χ1) is 5.33. The number of amides is 1. The van der Waals surface area contributed by atoms with Crippen LogP contribution in [-0.2, 0) is 4.79 Å². The van der Waals surface area contributed by atoms with E-state index in [2.05, 4.69) is 17.2 Å². The molecule has 0 saturated carbocycles. The summed E-state index contributed by atoms with van der Waals surface area (Å²) < 4.78 is 0. The molecule has 0 bridgehead atoms. The molecule has 0 spiro atoms. The van der Waals surface area contributed by atoms with E-state index in [9.17, 15) is 4.79 Å². The molecule has 0 aromatic heterocycles. The van der Waals surface area contributed by atoms with E-state index < -0.39 is 0 Å². The van der Waals surface area contributed by atoms with Gasteiger partial charge in [-0.3, -0.25) is 4.79 Å². The second-order valence-corrected chi connectivity index (χ2v) is 2.63. The molecule has 1 aliphatic heterocycles. The van der Waals surface area contributed by atoms with E-state index in [1.54, 1.807) is 0 Å². The smallest absolute Gasteiger partial charge is 0.266 e. The molecule has 11 heavy (non-hydrogen) atoms. The lowest BCUT2D eigenvalue weighted by atomic mass is 10.1. The minimum Gasteiger partial charge on any atom is -0.266 e. The van der Waals surface area contributed by atoms with Crippen LogP contribution in [0.25, 0.3) is 0 Å². The molecule has 1 heterocycles. The standard InChI is InChI=1S/C8H12N2O/c1-2-3-4-5-7-6-8(11)10-9-7/h6H,2-5H2,1H3. The Labute approximate surface area is 66.2 Å². The van der Waals surface area contributed by atoms with E-state index in [-0.39, 0.29) is 5.91 Å². The van der Waals surface area contributed by atoms with Gasteiger partial charge >= 0.3 is 0 Å². The Morgan fingerprint density at radius 3 is 2.73 bits per heavy atom. The largest absolute Gasteiger partial charge is 0.290 e. The third kappa shape index (κ3) is 2.62. The van der Waals surface area contributed by atoms with Gasteiger partial charge in [-0.15, -0.1) is 5.11 Å². The minimum atomic E-state index is -0.212. The Balaban J connectivity index is 2.23. The zero-order valence-corrected chi connectivity index (χ0v) is 6.71. The fourth-order valence-electron chi connectivity index (χ4n) is 0.992. The lowest BCUT2D eigenvalue weighted by Gasteiger charge is -1.93. The summed E-state index contributed by atoms with van der Waals surface area (Å²) in [5.41, 5.74) is 0.837. The summed E-state index contributed by atoms with van der Waals surface area (Å²) in [6, 6.07) is 0. The molecule has 60 valence electrons. The van der Waals surface area contributed by atoms with E-state index in [4.69, 9.17) is 0 Å². The Kier molecular flexibility index (Phi) is 2.95. The number of carbonyl (C=O) groups excluding carboxylic acids is 1. The van der Waals surface area contributed by atoms with Crippen LogP contribution in [0.5, 0.6) is 0 Å². The molecule has 1 aliphatic rings. The number of nitrogens with zero attached hydrogens (tertiary/aromatic N) is 2. The zero-order valence-electron chi connectivity index (χ0n) is 6.71. The van der Waals surface area contributed by atoms with E-state index in [1.165, 1.54) is 18.9 Å². The Hall–Kier alpha value is -0.990. The number of unbranched alkanes of at least 4 members (excludes halogenated alkanes) is 2. The van der Waals surface area contributed by atoms with Gasteiger partial charge in [0, 0.05) is 6.08 Å². The fourth-order valence-corrected chi connectivity index (χ4v) is 0.992. The van der Waals surface area contributed by atoms with Gasteiger partial charge in [0.2, 0.25) is 0 Å². The van der Waals surface area contributed by atoms with Crippen molar-refractivity contribution in [2.45, 2.75) is 32.6 Å². The molecule has 1 amide bonds. The highest BCUT2D eigenvalue weighted by atomic mass is 16.1. The van der Waals surface area contributed by atoms with Crippen molar-refractivity contribution in [3.8, 4) is 0 Å². The second-order valence-electron chi connectivity index (χ2n) is 2.63. The molecule has 3 heteroatoms. The first-order valence-corrected chi connectivity index (χ1v) is 3.99. The first kappa shape index (κ1) is 8.11. The molecular weight excluding hydrogens is 140 g/mol. The van der Waals surface area contributed by atoms with Crippen molar-refractivity contribution in [3.05, 3.63) is 11.8 Å². The van der Waals surface area contributed by atoms with Gasteiger partial charge in [-0.25, -0.2) is 0 Å². The summed E-state index contributed by atoms with van der Waals surface area (Å²) in [6.45, 7) is 2.15. The third-order valence-corrected chi connectivity index (χ3v) is 1.60. The molecule has 0 atom stereocenters. The molecule has 0 saturated heterocycles. The Morgan fingerprint density at radius 1 is 1.36 bits per heavy atom. The van der Waals surface area contributed by atoms with Crippen LogP contribution in [0.3, 0.4) is 0 Å². The van der Waals surface area contributed by atoms with E-state index in [0.717, 1.165) is 18.5 Å². The Bertz CT molecular complexity index is 206. The molecular formula is C8H12N2O. The van der Waals surface area contributed by atoms with Crippen molar-refractivity contribution in [3.63, 3.8) is 0 Å². The maximum Gasteiger partial charge on any atom is 0.290 e. The zero-order chi connectivity index (χ0) is 8.10. The van der Waals surface area contributed by atoms with Crippen LogP contribution in [0.1, 0.15) is 32.6 Å². The number of rotatable bonds is 4. The van der Waals surface area contributed by atoms with Gasteiger partial charge < -0.3 is 0 Å². The van der Waals surface area contributed by atoms with Gasteiger partial charge in [-0.2, -0.15) is 5.11 Å². The van der Waals surface area contributed by atoms with Crippen LogP contribution in [0, 0.1) is 0 Å². The molecule has 0 aromatic carbocycles. The quantitative estimate of drug-likeness (QED) is 0.570. The molecule has 0 radical (unpaired) electrons. The van der Waals surface area contributed by atoms with Crippen molar-refractivity contribution in [2.75, 3.05) is 0 Å². The van der Waals surface area contributed by atoms with Crippen LogP contribution in [0.15, 0.2) is 22.0 Å². The molecule has 1 rings (SSSR count). The number of azo groups is 1. The van der Waals surface area contributed by atoms with Crippen LogP contribution in [-0.4, -0.2) is 5.91 Å². The average molecular weight is 152 g/mol. The monoisotopic (exact) mass is 152 g/mol. The lowest BCUT2D eigenvalue weighted by molar-refractivity contribution is -0.113. The summed E-state index contributed by atoms with van der Waals surface area (Å²) in [4.78, 5) is 10.5. The van der Waals surface area contributed by atoms with Crippen molar-refractivity contribution >= 4 is 5.91 Å². The SMILES string of the molecule is CCCCCC1=CC(=O)N=N1. The van der Waals surface area contributed by atoms with Crippen molar-refractivity contribution in [1.29, 1.82) is 0 Å². The van der Waals surface area contributed by atoms with E-state index >= 15 is 0 Å². The highest BCUT2D eigenvalue weighted by Crippen LogP contribution is 2.14. The predicted octanol–water partition coefficient (Wildman–Crippen LogP) is 2.44. The Morgan fingerprint density at radius 2 is 2.18 bits per heavy atom. The third-order valence-electron chi connectivity index (χ3n) is 1.60. The number of carbonyl (C=O) groups is 1. The first-order valence-electron chi connectivity index (χ1n) is 3.99. The normalized spacial score (nSPS) is 15.7. The molecule has 0 N–H and O–H groups in total. The molecule has 3 nitrogen and oxygen atoms in total. The highest BCUT2D eigenvalue weighted by molar-refractivity contribution is 5.90. The van der Waals surface area contributed by atoms with Crippen molar-refractivity contribution < 1.29 is 4.79 Å². The minimum absolute atomic E-state index is 0.212. The summed E-state index contributed by atoms with van der Waals surface area (Å²) >= 11 is 0. The van der Waals surface area contributed by atoms with Gasteiger partial charge in [-0.05, 0) is 12.8 Å². The molecule has 0 aromatic rings. The number of allylic oxidation sites excluding steroid dienone is 1. The lowest BCUT2D eigenvalue weighted by Crippen LogP contribution is -1.80. The van der Waals surface area contributed by atoms with Crippen molar-refractivity contribution in [2.24, 2.45) is 10.2 Å². The maximum atomic E-state index is 10.5. The number of hydrogen-bond donors (Lipinski definition) is 0. The number of hydrogen-bond acceptors (Lipinski definition) is 2. The highest BCUT2D eigenvalue weighted by Gasteiger charge is 2.06. The summed E-state index contributed by atoms with van der Waals surface area (Å²) in [6.07, 6.45) is 5.90. The average Bonchev–Trinajstić information content (AvgIpc) is 2.37. The summed E-state index contributed by atoms with van der Waals surface area (Å²) in [5, 5.41) is 7.11. The van der Waals surface area contributed by atoms with Crippen LogP contribution in [0.4, 0.5) is 0 Å². The van der Waals surface area contributed by atoms with Gasteiger partial charge in [-0.1, -0.05) is 19.8 Å². The molecule has 0 aliphatic carbocycles. The van der Waals surface area contributed by atoms with E-state index in [0.29, 0.717) is 0 Å². The van der Waals surface area contributed by atoms with Crippen molar-refractivity contribution in [1.82, 2.24) is 0 Å². The van der Waals surface area contributed by atoms with Crippen LogP contribution in [0.2, 0.25) is 0 Å².